The fraction of sp³-hybridized carbons (Fsp3) is 0.273. The first kappa shape index (κ1) is 12.4. The lowest BCUT2D eigenvalue weighted by molar-refractivity contribution is 0.708. The third-order valence-corrected chi connectivity index (χ3v) is 2.71. The van der Waals surface area contributed by atoms with Gasteiger partial charge in [0.15, 0.2) is 5.82 Å². The third kappa shape index (κ3) is 2.62. The Bertz CT molecular complexity index is 550. The predicted molar refractivity (Wildman–Crippen MR) is 73.1 cm³/mol. The maximum atomic E-state index is 5.62. The first-order chi connectivity index (χ1) is 8.72. The minimum Gasteiger partial charge on any atom is -0.388 e. The van der Waals surface area contributed by atoms with Crippen LogP contribution in [0.15, 0.2) is 24.7 Å². The van der Waals surface area contributed by atoms with E-state index in [0.29, 0.717) is 12.2 Å². The van der Waals surface area contributed by atoms with Crippen LogP contribution in [-0.2, 0) is 13.1 Å². The average molecular weight is 262 g/mol. The van der Waals surface area contributed by atoms with Crippen LogP contribution in [0.5, 0.6) is 0 Å². The lowest BCUT2D eigenvalue weighted by Crippen LogP contribution is -2.16. The van der Waals surface area contributed by atoms with Crippen molar-refractivity contribution in [2.45, 2.75) is 20.0 Å². The molecule has 2 heterocycles. The Balaban J connectivity index is 2.13. The summed E-state index contributed by atoms with van der Waals surface area (Å²) in [7, 11) is 0. The number of pyridine rings is 1. The quantitative estimate of drug-likeness (QED) is 0.780. The molecular formula is C11H14N6S. The van der Waals surface area contributed by atoms with Crippen LogP contribution in [-0.4, -0.2) is 24.7 Å². The summed E-state index contributed by atoms with van der Waals surface area (Å²) in [5, 5.41) is 11.1. The molecule has 0 aliphatic carbocycles. The molecule has 0 aromatic carbocycles. The normalized spacial score (nSPS) is 10.3. The molecule has 18 heavy (non-hydrogen) atoms. The van der Waals surface area contributed by atoms with Crippen LogP contribution >= 0.6 is 12.2 Å². The van der Waals surface area contributed by atoms with Gasteiger partial charge >= 0.3 is 0 Å². The summed E-state index contributed by atoms with van der Waals surface area (Å²) >= 11 is 4.95. The Morgan fingerprint density at radius 3 is 3.11 bits per heavy atom. The first-order valence-corrected chi connectivity index (χ1v) is 5.98. The van der Waals surface area contributed by atoms with Crippen LogP contribution in [0.3, 0.4) is 0 Å². The van der Waals surface area contributed by atoms with Crippen molar-refractivity contribution >= 4 is 22.9 Å². The molecular weight excluding hydrogens is 248 g/mol. The molecule has 0 fully saturated rings. The van der Waals surface area contributed by atoms with Crippen molar-refractivity contribution < 1.29 is 0 Å². The lowest BCUT2D eigenvalue weighted by atomic mass is 10.3. The highest BCUT2D eigenvalue weighted by Crippen LogP contribution is 2.12. The minimum atomic E-state index is 0.273. The highest BCUT2D eigenvalue weighted by atomic mass is 32.1. The molecule has 7 heteroatoms. The number of aromatic nitrogens is 4. The van der Waals surface area contributed by atoms with Gasteiger partial charge in [-0.1, -0.05) is 12.2 Å². The van der Waals surface area contributed by atoms with Crippen LogP contribution < -0.4 is 11.1 Å². The van der Waals surface area contributed by atoms with Crippen molar-refractivity contribution in [3.63, 3.8) is 0 Å². The van der Waals surface area contributed by atoms with Crippen LogP contribution in [0, 0.1) is 0 Å². The summed E-state index contributed by atoms with van der Waals surface area (Å²) in [5.41, 5.74) is 7.01. The van der Waals surface area contributed by atoms with E-state index in [0.717, 1.165) is 18.1 Å². The third-order valence-electron chi connectivity index (χ3n) is 2.51. The van der Waals surface area contributed by atoms with Gasteiger partial charge < -0.3 is 15.6 Å². The molecule has 0 unspecified atom stereocenters. The van der Waals surface area contributed by atoms with Crippen molar-refractivity contribution in [3.8, 4) is 0 Å². The zero-order valence-electron chi connectivity index (χ0n) is 10.00. The number of nitrogens with one attached hydrogen (secondary N) is 1. The molecule has 2 aromatic rings. The molecule has 2 aromatic heterocycles. The van der Waals surface area contributed by atoms with E-state index in [1.807, 2.05) is 23.6 Å². The second-order valence-electron chi connectivity index (χ2n) is 3.65. The Morgan fingerprint density at radius 2 is 2.39 bits per heavy atom. The Morgan fingerprint density at radius 1 is 1.56 bits per heavy atom. The SMILES string of the molecule is CCn1cnnc1CNc1cccnc1C(N)=S. The number of anilines is 1. The molecule has 0 spiro atoms. The zero-order chi connectivity index (χ0) is 13.0. The van der Waals surface area contributed by atoms with Crippen molar-refractivity contribution in [3.05, 3.63) is 36.2 Å². The Kier molecular flexibility index (Phi) is 3.83. The molecule has 0 saturated carbocycles. The standard InChI is InChI=1S/C11H14N6S/c1-2-17-7-15-16-9(17)6-14-8-4-3-5-13-10(8)11(12)18/h3-5,7,14H,2,6H2,1H3,(H2,12,18). The van der Waals surface area contributed by atoms with Gasteiger partial charge in [-0.2, -0.15) is 0 Å². The van der Waals surface area contributed by atoms with E-state index in [1.54, 1.807) is 12.5 Å². The highest BCUT2D eigenvalue weighted by molar-refractivity contribution is 7.80. The summed E-state index contributed by atoms with van der Waals surface area (Å²) in [4.78, 5) is 4.42. The summed E-state index contributed by atoms with van der Waals surface area (Å²) in [6.07, 6.45) is 3.36. The van der Waals surface area contributed by atoms with Gasteiger partial charge in [-0.3, -0.25) is 4.98 Å². The van der Waals surface area contributed by atoms with Crippen molar-refractivity contribution in [2.24, 2.45) is 5.73 Å². The highest BCUT2D eigenvalue weighted by Gasteiger charge is 2.07. The molecule has 0 aliphatic heterocycles. The number of thiocarbonyl (C=S) groups is 1. The van der Waals surface area contributed by atoms with Gasteiger partial charge in [-0.05, 0) is 19.1 Å². The van der Waals surface area contributed by atoms with E-state index in [9.17, 15) is 0 Å². The fourth-order valence-electron chi connectivity index (χ4n) is 1.60. The number of nitrogens with two attached hydrogens (primary N) is 1. The largest absolute Gasteiger partial charge is 0.388 e. The summed E-state index contributed by atoms with van der Waals surface area (Å²) in [6.45, 7) is 3.42. The fourth-order valence-corrected chi connectivity index (χ4v) is 1.76. The van der Waals surface area contributed by atoms with Crippen LogP contribution in [0.25, 0.3) is 0 Å². The molecule has 2 rings (SSSR count). The van der Waals surface area contributed by atoms with Crippen molar-refractivity contribution in [1.82, 2.24) is 19.7 Å². The summed E-state index contributed by atoms with van der Waals surface area (Å²) in [6, 6.07) is 3.71. The van der Waals surface area contributed by atoms with E-state index < -0.39 is 0 Å². The van der Waals surface area contributed by atoms with Gasteiger partial charge in [-0.15, -0.1) is 10.2 Å². The predicted octanol–water partition coefficient (Wildman–Crippen LogP) is 0.939. The minimum absolute atomic E-state index is 0.273. The molecule has 0 bridgehead atoms. The summed E-state index contributed by atoms with van der Waals surface area (Å²) in [5.74, 6) is 0.857. The maximum Gasteiger partial charge on any atom is 0.152 e. The number of rotatable bonds is 5. The monoisotopic (exact) mass is 262 g/mol. The van der Waals surface area contributed by atoms with Gasteiger partial charge in [0, 0.05) is 12.7 Å². The van der Waals surface area contributed by atoms with E-state index >= 15 is 0 Å². The van der Waals surface area contributed by atoms with Gasteiger partial charge in [0.05, 0.1) is 12.2 Å². The summed E-state index contributed by atoms with van der Waals surface area (Å²) < 4.78 is 1.96. The topological polar surface area (TPSA) is 81.7 Å². The molecule has 6 nitrogen and oxygen atoms in total. The zero-order valence-corrected chi connectivity index (χ0v) is 10.8. The number of hydrogen-bond donors (Lipinski definition) is 2. The van der Waals surface area contributed by atoms with Gasteiger partial charge in [0.1, 0.15) is 17.0 Å². The number of nitrogens with zero attached hydrogens (tertiary/aromatic N) is 4. The molecule has 0 aliphatic rings. The number of hydrogen-bond acceptors (Lipinski definition) is 5. The van der Waals surface area contributed by atoms with Gasteiger partial charge in [0.25, 0.3) is 0 Å². The van der Waals surface area contributed by atoms with Crippen LogP contribution in [0.2, 0.25) is 0 Å². The van der Waals surface area contributed by atoms with Gasteiger partial charge in [-0.25, -0.2) is 0 Å². The Labute approximate surface area is 110 Å². The van der Waals surface area contributed by atoms with E-state index in [-0.39, 0.29) is 4.99 Å². The van der Waals surface area contributed by atoms with Gasteiger partial charge in [0.2, 0.25) is 0 Å². The second-order valence-corrected chi connectivity index (χ2v) is 4.09. The average Bonchev–Trinajstić information content (AvgIpc) is 2.84. The molecule has 0 saturated heterocycles. The van der Waals surface area contributed by atoms with E-state index in [1.165, 1.54) is 0 Å². The Hall–Kier alpha value is -2.02. The number of aryl methyl sites for hydroxylation is 1. The van der Waals surface area contributed by atoms with Crippen LogP contribution in [0.1, 0.15) is 18.4 Å². The molecule has 94 valence electrons. The first-order valence-electron chi connectivity index (χ1n) is 5.57. The second kappa shape index (κ2) is 5.54. The lowest BCUT2D eigenvalue weighted by Gasteiger charge is -2.10. The maximum absolute atomic E-state index is 5.62. The van der Waals surface area contributed by atoms with Crippen molar-refractivity contribution in [2.75, 3.05) is 5.32 Å². The van der Waals surface area contributed by atoms with E-state index in [2.05, 4.69) is 20.5 Å². The van der Waals surface area contributed by atoms with E-state index in [4.69, 9.17) is 18.0 Å². The molecule has 0 radical (unpaired) electrons. The molecule has 0 amide bonds. The molecule has 0 atom stereocenters. The smallest absolute Gasteiger partial charge is 0.152 e. The molecule has 3 N–H and O–H groups in total. The van der Waals surface area contributed by atoms with Crippen LogP contribution in [0.4, 0.5) is 5.69 Å². The van der Waals surface area contributed by atoms with Crippen molar-refractivity contribution in [1.29, 1.82) is 0 Å².